The number of benzene rings is 1. The number of ketones is 1. The van der Waals surface area contributed by atoms with Crippen LogP contribution in [0.3, 0.4) is 0 Å². The van der Waals surface area contributed by atoms with Gasteiger partial charge in [0.1, 0.15) is 0 Å². The second-order valence-electron chi connectivity index (χ2n) is 4.51. The lowest BCUT2D eigenvalue weighted by Crippen LogP contribution is -2.41. The molecule has 1 unspecified atom stereocenters. The number of amides is 1. The van der Waals surface area contributed by atoms with Crippen molar-refractivity contribution in [3.05, 3.63) is 35.9 Å². The third-order valence-corrected chi connectivity index (χ3v) is 2.83. The first-order chi connectivity index (χ1) is 8.63. The van der Waals surface area contributed by atoms with Crippen molar-refractivity contribution in [3.8, 4) is 0 Å². The minimum Gasteiger partial charge on any atom is -0.346 e. The second-order valence-corrected chi connectivity index (χ2v) is 4.51. The summed E-state index contributed by atoms with van der Waals surface area (Å²) in [5.41, 5.74) is 1.07. The van der Waals surface area contributed by atoms with Crippen molar-refractivity contribution in [2.24, 2.45) is 0 Å². The summed E-state index contributed by atoms with van der Waals surface area (Å²) in [7, 11) is 0. The molecule has 0 spiro atoms. The van der Waals surface area contributed by atoms with Gasteiger partial charge in [0, 0.05) is 13.3 Å². The molecule has 3 nitrogen and oxygen atoms in total. The molecule has 98 valence electrons. The predicted molar refractivity (Wildman–Crippen MR) is 72.3 cm³/mol. The molecule has 0 aliphatic rings. The lowest BCUT2D eigenvalue weighted by atomic mass is 9.99. The molecule has 0 aliphatic carbocycles. The minimum atomic E-state index is -0.392. The fourth-order valence-electron chi connectivity index (χ4n) is 1.87. The molecule has 1 aromatic carbocycles. The molecule has 0 aliphatic heterocycles. The topological polar surface area (TPSA) is 46.2 Å². The van der Waals surface area contributed by atoms with Gasteiger partial charge in [-0.1, -0.05) is 43.7 Å². The van der Waals surface area contributed by atoms with Crippen LogP contribution in [0, 0.1) is 0 Å². The molecular formula is C15H21NO2. The third-order valence-electron chi connectivity index (χ3n) is 2.83. The zero-order valence-corrected chi connectivity index (χ0v) is 11.1. The molecule has 1 rings (SSSR count). The molecule has 0 radical (unpaired) electrons. The van der Waals surface area contributed by atoms with Crippen molar-refractivity contribution in [2.45, 2.75) is 45.6 Å². The van der Waals surface area contributed by atoms with E-state index in [2.05, 4.69) is 12.2 Å². The van der Waals surface area contributed by atoms with E-state index >= 15 is 0 Å². The van der Waals surface area contributed by atoms with Gasteiger partial charge in [-0.15, -0.1) is 0 Å². The number of rotatable bonds is 7. The molecule has 1 atom stereocenters. The van der Waals surface area contributed by atoms with Gasteiger partial charge in [0.25, 0.3) is 0 Å². The molecule has 1 aromatic rings. The number of Topliss-reactive ketones (excluding diaryl/α,β-unsaturated/α-hetero) is 1. The monoisotopic (exact) mass is 247 g/mol. The van der Waals surface area contributed by atoms with Gasteiger partial charge in [0.2, 0.25) is 5.91 Å². The maximum Gasteiger partial charge on any atom is 0.217 e. The Hall–Kier alpha value is -1.64. The van der Waals surface area contributed by atoms with E-state index in [4.69, 9.17) is 0 Å². The molecule has 18 heavy (non-hydrogen) atoms. The molecule has 1 amide bonds. The minimum absolute atomic E-state index is 0.121. The summed E-state index contributed by atoms with van der Waals surface area (Å²) in [5.74, 6) is -0.0308. The molecule has 3 heteroatoms. The van der Waals surface area contributed by atoms with Gasteiger partial charge in [-0.2, -0.15) is 0 Å². The van der Waals surface area contributed by atoms with Crippen LogP contribution in [0.25, 0.3) is 0 Å². The van der Waals surface area contributed by atoms with E-state index in [0.29, 0.717) is 12.8 Å². The molecule has 1 N–H and O–H groups in total. The van der Waals surface area contributed by atoms with Crippen LogP contribution in [0.4, 0.5) is 0 Å². The summed E-state index contributed by atoms with van der Waals surface area (Å²) in [4.78, 5) is 23.2. The highest BCUT2D eigenvalue weighted by Gasteiger charge is 2.18. The highest BCUT2D eigenvalue weighted by molar-refractivity contribution is 5.88. The van der Waals surface area contributed by atoms with Crippen LogP contribution in [-0.2, 0) is 16.0 Å². The van der Waals surface area contributed by atoms with Gasteiger partial charge in [-0.25, -0.2) is 0 Å². The first-order valence-electron chi connectivity index (χ1n) is 6.47. The lowest BCUT2D eigenvalue weighted by molar-refractivity contribution is -0.126. The summed E-state index contributed by atoms with van der Waals surface area (Å²) in [6.07, 6.45) is 2.98. The molecule has 0 saturated heterocycles. The van der Waals surface area contributed by atoms with Crippen molar-refractivity contribution in [3.63, 3.8) is 0 Å². The fraction of sp³-hybridized carbons (Fsp3) is 0.467. The predicted octanol–water partition coefficient (Wildman–Crippen LogP) is 2.49. The summed E-state index contributed by atoms with van der Waals surface area (Å²) in [6.45, 7) is 3.50. The summed E-state index contributed by atoms with van der Waals surface area (Å²) in [6, 6.07) is 9.38. The zero-order chi connectivity index (χ0) is 13.4. The maximum atomic E-state index is 12.0. The Morgan fingerprint density at radius 3 is 2.44 bits per heavy atom. The summed E-state index contributed by atoms with van der Waals surface area (Å²) >= 11 is 0. The molecular weight excluding hydrogens is 226 g/mol. The second kappa shape index (κ2) is 7.64. The highest BCUT2D eigenvalue weighted by atomic mass is 16.2. The van der Waals surface area contributed by atoms with Gasteiger partial charge in [-0.05, 0) is 18.4 Å². The van der Waals surface area contributed by atoms with Crippen molar-refractivity contribution in [2.75, 3.05) is 0 Å². The summed E-state index contributed by atoms with van der Waals surface area (Å²) < 4.78 is 0. The first kappa shape index (κ1) is 14.4. The molecule has 0 heterocycles. The Morgan fingerprint density at radius 2 is 1.89 bits per heavy atom. The SMILES string of the molecule is CCCCC(=O)C(Cc1ccccc1)NC(C)=O. The van der Waals surface area contributed by atoms with Crippen LogP contribution in [0.15, 0.2) is 30.3 Å². The van der Waals surface area contributed by atoms with Gasteiger partial charge in [0.15, 0.2) is 5.78 Å². The standard InChI is InChI=1S/C15H21NO2/c1-3-4-10-15(18)14(16-12(2)17)11-13-8-6-5-7-9-13/h5-9,14H,3-4,10-11H2,1-2H3,(H,16,17). The van der Waals surface area contributed by atoms with E-state index in [1.807, 2.05) is 30.3 Å². The van der Waals surface area contributed by atoms with Crippen molar-refractivity contribution in [1.82, 2.24) is 5.32 Å². The van der Waals surface area contributed by atoms with E-state index in [0.717, 1.165) is 18.4 Å². The average Bonchev–Trinajstić information content (AvgIpc) is 2.36. The fourth-order valence-corrected chi connectivity index (χ4v) is 1.87. The Morgan fingerprint density at radius 1 is 1.22 bits per heavy atom. The molecule has 0 fully saturated rings. The zero-order valence-electron chi connectivity index (χ0n) is 11.1. The van der Waals surface area contributed by atoms with Crippen molar-refractivity contribution < 1.29 is 9.59 Å². The van der Waals surface area contributed by atoms with E-state index in [1.165, 1.54) is 6.92 Å². The number of carbonyl (C=O) groups excluding carboxylic acids is 2. The Bertz CT molecular complexity index is 387. The quantitative estimate of drug-likeness (QED) is 0.804. The lowest BCUT2D eigenvalue weighted by Gasteiger charge is -2.16. The van der Waals surface area contributed by atoms with Gasteiger partial charge >= 0.3 is 0 Å². The number of hydrogen-bond acceptors (Lipinski definition) is 2. The van der Waals surface area contributed by atoms with E-state index in [-0.39, 0.29) is 11.7 Å². The Kier molecular flexibility index (Phi) is 6.12. The van der Waals surface area contributed by atoms with Crippen LogP contribution in [0.5, 0.6) is 0 Å². The van der Waals surface area contributed by atoms with E-state index in [1.54, 1.807) is 0 Å². The van der Waals surface area contributed by atoms with Crippen LogP contribution in [0.2, 0.25) is 0 Å². The number of nitrogens with one attached hydrogen (secondary N) is 1. The van der Waals surface area contributed by atoms with E-state index in [9.17, 15) is 9.59 Å². The molecule has 0 bridgehead atoms. The van der Waals surface area contributed by atoms with Crippen LogP contribution in [0.1, 0.15) is 38.7 Å². The van der Waals surface area contributed by atoms with Crippen LogP contribution in [-0.4, -0.2) is 17.7 Å². The van der Waals surface area contributed by atoms with Gasteiger partial charge < -0.3 is 5.32 Å². The number of hydrogen-bond donors (Lipinski definition) is 1. The van der Waals surface area contributed by atoms with Crippen LogP contribution < -0.4 is 5.32 Å². The Balaban J connectivity index is 2.66. The maximum absolute atomic E-state index is 12.0. The number of unbranched alkanes of at least 4 members (excludes halogenated alkanes) is 1. The van der Waals surface area contributed by atoms with Gasteiger partial charge in [0.05, 0.1) is 6.04 Å². The smallest absolute Gasteiger partial charge is 0.217 e. The third kappa shape index (κ3) is 5.13. The molecule has 0 saturated carbocycles. The average molecular weight is 247 g/mol. The normalized spacial score (nSPS) is 11.9. The van der Waals surface area contributed by atoms with E-state index < -0.39 is 6.04 Å². The first-order valence-corrected chi connectivity index (χ1v) is 6.47. The largest absolute Gasteiger partial charge is 0.346 e. The van der Waals surface area contributed by atoms with Crippen LogP contribution >= 0.6 is 0 Å². The highest BCUT2D eigenvalue weighted by Crippen LogP contribution is 2.07. The summed E-state index contributed by atoms with van der Waals surface area (Å²) in [5, 5.41) is 2.75. The van der Waals surface area contributed by atoms with Crippen molar-refractivity contribution >= 4 is 11.7 Å². The van der Waals surface area contributed by atoms with Crippen molar-refractivity contribution in [1.29, 1.82) is 0 Å². The number of carbonyl (C=O) groups is 2. The van der Waals surface area contributed by atoms with Gasteiger partial charge in [-0.3, -0.25) is 9.59 Å². The Labute approximate surface area is 109 Å². The molecule has 0 aromatic heterocycles.